The highest BCUT2D eigenvalue weighted by molar-refractivity contribution is 7.88. The first-order chi connectivity index (χ1) is 17.2. The second-order valence-electron chi connectivity index (χ2n) is 9.08. The molecule has 0 spiro atoms. The van der Waals surface area contributed by atoms with Crippen LogP contribution < -0.4 is 4.72 Å². The van der Waals surface area contributed by atoms with Crippen molar-refractivity contribution in [3.05, 3.63) is 57.0 Å². The van der Waals surface area contributed by atoms with Crippen molar-refractivity contribution in [2.45, 2.75) is 50.7 Å². The minimum absolute atomic E-state index is 0.0920. The molecule has 4 rings (SSSR count). The van der Waals surface area contributed by atoms with Gasteiger partial charge < -0.3 is 9.64 Å². The Bertz CT molecular complexity index is 1290. The molecular weight excluding hydrogens is 500 g/mol. The highest BCUT2D eigenvalue weighted by Gasteiger charge is 2.31. The number of sulfonamides is 1. The Morgan fingerprint density at radius 2 is 2.11 bits per heavy atom. The van der Waals surface area contributed by atoms with Gasteiger partial charge in [0, 0.05) is 54.1 Å². The Kier molecular flexibility index (Phi) is 8.18. The molecule has 9 nitrogen and oxygen atoms in total. The molecule has 0 bridgehead atoms. The highest BCUT2D eigenvalue weighted by Crippen LogP contribution is 2.35. The lowest BCUT2D eigenvalue weighted by Gasteiger charge is -2.33. The van der Waals surface area contributed by atoms with Crippen molar-refractivity contribution in [2.24, 2.45) is 0 Å². The predicted molar refractivity (Wildman–Crippen MR) is 136 cm³/mol. The quantitative estimate of drug-likeness (QED) is 0.547. The van der Waals surface area contributed by atoms with E-state index < -0.39 is 16.1 Å². The fraction of sp³-hybridized carbons (Fsp3) is 0.440. The van der Waals surface area contributed by atoms with Gasteiger partial charge in [-0.15, -0.1) is 11.3 Å². The summed E-state index contributed by atoms with van der Waals surface area (Å²) in [7, 11) is -3.27. The van der Waals surface area contributed by atoms with Crippen LogP contribution in [0.1, 0.15) is 45.7 Å². The van der Waals surface area contributed by atoms with Crippen LogP contribution >= 0.6 is 11.3 Å². The number of amides is 1. The number of hydrogen-bond donors (Lipinski definition) is 1. The number of rotatable bonds is 7. The Morgan fingerprint density at radius 1 is 1.33 bits per heavy atom. The van der Waals surface area contributed by atoms with Gasteiger partial charge in [0.05, 0.1) is 11.8 Å². The third-order valence-electron chi connectivity index (χ3n) is 6.29. The van der Waals surface area contributed by atoms with Crippen LogP contribution in [0.2, 0.25) is 0 Å². The zero-order valence-corrected chi connectivity index (χ0v) is 21.6. The topological polar surface area (TPSA) is 129 Å². The minimum Gasteiger partial charge on any atom is -0.446 e. The SMILES string of the molecule is CS(=O)(=O)NC1CCN(C(=O)OC2CCc3c(sc(CC(=O)/C=C/c4cccnc4)c3C#N)C2)CC1. The van der Waals surface area contributed by atoms with Crippen molar-refractivity contribution in [3.8, 4) is 6.07 Å². The van der Waals surface area contributed by atoms with Gasteiger partial charge in [-0.1, -0.05) is 6.07 Å². The lowest BCUT2D eigenvalue weighted by atomic mass is 9.92. The number of piperidine rings is 1. The van der Waals surface area contributed by atoms with Crippen molar-refractivity contribution >= 4 is 39.3 Å². The zero-order valence-electron chi connectivity index (χ0n) is 20.0. The first-order valence-corrected chi connectivity index (χ1v) is 14.5. The molecule has 1 amide bonds. The molecule has 0 radical (unpaired) electrons. The van der Waals surface area contributed by atoms with Crippen LogP contribution in [0.5, 0.6) is 0 Å². The smallest absolute Gasteiger partial charge is 0.410 e. The van der Waals surface area contributed by atoms with Crippen LogP contribution in [0.4, 0.5) is 4.79 Å². The first-order valence-electron chi connectivity index (χ1n) is 11.8. The lowest BCUT2D eigenvalue weighted by Crippen LogP contribution is -2.47. The van der Waals surface area contributed by atoms with Crippen molar-refractivity contribution in [2.75, 3.05) is 19.3 Å². The Hall–Kier alpha value is -3.07. The van der Waals surface area contributed by atoms with E-state index in [0.29, 0.717) is 50.8 Å². The molecule has 1 aliphatic heterocycles. The van der Waals surface area contributed by atoms with E-state index in [0.717, 1.165) is 27.1 Å². The minimum atomic E-state index is -3.27. The van der Waals surface area contributed by atoms with Crippen LogP contribution in [0, 0.1) is 11.3 Å². The van der Waals surface area contributed by atoms with Gasteiger partial charge in [0.25, 0.3) is 0 Å². The summed E-state index contributed by atoms with van der Waals surface area (Å²) in [6, 6.07) is 5.76. The maximum Gasteiger partial charge on any atom is 0.410 e. The van der Waals surface area contributed by atoms with Crippen LogP contribution in [0.25, 0.3) is 6.08 Å². The molecule has 1 atom stereocenters. The van der Waals surface area contributed by atoms with Gasteiger partial charge in [-0.2, -0.15) is 5.26 Å². The normalized spacial score (nSPS) is 18.6. The number of nitriles is 1. The van der Waals surface area contributed by atoms with E-state index in [1.807, 2.05) is 6.07 Å². The number of ether oxygens (including phenoxy) is 1. The van der Waals surface area contributed by atoms with E-state index in [2.05, 4.69) is 15.8 Å². The van der Waals surface area contributed by atoms with Gasteiger partial charge in [0.15, 0.2) is 5.78 Å². The number of ketones is 1. The number of carbonyl (C=O) groups excluding carboxylic acids is 2. The summed E-state index contributed by atoms with van der Waals surface area (Å²) in [5, 5.41) is 9.74. The van der Waals surface area contributed by atoms with Gasteiger partial charge in [0.2, 0.25) is 10.0 Å². The van der Waals surface area contributed by atoms with Crippen LogP contribution in [-0.2, 0) is 38.8 Å². The average molecular weight is 529 g/mol. The molecule has 1 fully saturated rings. The van der Waals surface area contributed by atoms with Crippen LogP contribution in [0.15, 0.2) is 30.6 Å². The molecule has 2 aromatic rings. The molecule has 2 aromatic heterocycles. The number of thiophene rings is 1. The number of fused-ring (bicyclic) bond motifs is 1. The number of carbonyl (C=O) groups is 2. The highest BCUT2D eigenvalue weighted by atomic mass is 32.2. The standard InChI is InChI=1S/C25H28N4O5S2/c1-36(32,33)28-18-8-11-29(12-9-18)25(31)34-20-6-7-21-22(15-26)23(35-24(21)14-20)13-19(30)5-4-17-3-2-10-27-16-17/h2-5,10,16,18,20,28H,6-9,11-14H2,1H3/b5-4+. The molecule has 190 valence electrons. The average Bonchev–Trinajstić information content (AvgIpc) is 3.18. The van der Waals surface area contributed by atoms with Gasteiger partial charge >= 0.3 is 6.09 Å². The van der Waals surface area contributed by atoms with Crippen molar-refractivity contribution < 1.29 is 22.7 Å². The maximum absolute atomic E-state index is 12.7. The second kappa shape index (κ2) is 11.3. The fourth-order valence-electron chi connectivity index (χ4n) is 4.55. The summed E-state index contributed by atoms with van der Waals surface area (Å²) in [6.07, 6.45) is 9.99. The summed E-state index contributed by atoms with van der Waals surface area (Å²) in [6.45, 7) is 0.862. The summed E-state index contributed by atoms with van der Waals surface area (Å²) in [5.41, 5.74) is 2.36. The number of aromatic nitrogens is 1. The van der Waals surface area contributed by atoms with Gasteiger partial charge in [-0.3, -0.25) is 9.78 Å². The molecule has 1 aliphatic carbocycles. The Labute approximate surface area is 214 Å². The monoisotopic (exact) mass is 528 g/mol. The van der Waals surface area contributed by atoms with Crippen molar-refractivity contribution in [1.82, 2.24) is 14.6 Å². The van der Waals surface area contributed by atoms with Gasteiger partial charge in [0.1, 0.15) is 12.2 Å². The number of allylic oxidation sites excluding steroid dienone is 1. The number of nitrogens with zero attached hydrogens (tertiary/aromatic N) is 3. The molecule has 11 heteroatoms. The summed E-state index contributed by atoms with van der Waals surface area (Å²) in [4.78, 5) is 32.6. The van der Waals surface area contributed by atoms with E-state index >= 15 is 0 Å². The molecule has 0 aromatic carbocycles. The fourth-order valence-corrected chi connectivity index (χ4v) is 6.77. The number of pyridine rings is 1. The van der Waals surface area contributed by atoms with E-state index in [1.54, 1.807) is 29.4 Å². The van der Waals surface area contributed by atoms with Gasteiger partial charge in [-0.05, 0) is 55.0 Å². The third kappa shape index (κ3) is 6.78. The predicted octanol–water partition coefficient (Wildman–Crippen LogP) is 2.85. The summed E-state index contributed by atoms with van der Waals surface area (Å²) >= 11 is 1.45. The molecule has 2 aliphatic rings. The molecule has 1 unspecified atom stereocenters. The van der Waals surface area contributed by atoms with Crippen molar-refractivity contribution in [3.63, 3.8) is 0 Å². The third-order valence-corrected chi connectivity index (χ3v) is 8.30. The zero-order chi connectivity index (χ0) is 25.7. The summed E-state index contributed by atoms with van der Waals surface area (Å²) < 4.78 is 31.2. The van der Waals surface area contributed by atoms with Crippen LogP contribution in [-0.4, -0.2) is 61.7 Å². The number of likely N-dealkylation sites (tertiary alicyclic amines) is 1. The molecular formula is C25H28N4O5S2. The van der Waals surface area contributed by atoms with E-state index in [4.69, 9.17) is 4.74 Å². The first kappa shape index (κ1) is 26.0. The number of hydrogen-bond acceptors (Lipinski definition) is 8. The van der Waals surface area contributed by atoms with E-state index in [-0.39, 0.29) is 24.3 Å². The second-order valence-corrected chi connectivity index (χ2v) is 12.0. The summed E-state index contributed by atoms with van der Waals surface area (Å²) in [5.74, 6) is -0.0920. The Balaban J connectivity index is 1.33. The Morgan fingerprint density at radius 3 is 2.78 bits per heavy atom. The largest absolute Gasteiger partial charge is 0.446 e. The molecule has 1 N–H and O–H groups in total. The maximum atomic E-state index is 12.7. The van der Waals surface area contributed by atoms with E-state index in [1.165, 1.54) is 17.4 Å². The molecule has 1 saturated heterocycles. The molecule has 36 heavy (non-hydrogen) atoms. The lowest BCUT2D eigenvalue weighted by molar-refractivity contribution is -0.113. The van der Waals surface area contributed by atoms with Crippen molar-refractivity contribution in [1.29, 1.82) is 5.26 Å². The molecule has 3 heterocycles. The van der Waals surface area contributed by atoms with Crippen LogP contribution in [0.3, 0.4) is 0 Å². The number of nitrogens with one attached hydrogen (secondary N) is 1. The van der Waals surface area contributed by atoms with Gasteiger partial charge in [-0.25, -0.2) is 17.9 Å². The molecule has 0 saturated carbocycles. The van der Waals surface area contributed by atoms with E-state index in [9.17, 15) is 23.3 Å².